The Morgan fingerprint density at radius 1 is 0.810 bits per heavy atom. The number of rotatable bonds is 2. The second-order valence-corrected chi connectivity index (χ2v) is 4.92. The van der Waals surface area contributed by atoms with Crippen LogP contribution in [0.5, 0.6) is 0 Å². The quantitative estimate of drug-likeness (QED) is 0.790. The van der Waals surface area contributed by atoms with Crippen molar-refractivity contribution in [1.29, 1.82) is 0 Å². The third-order valence-corrected chi connectivity index (χ3v) is 3.59. The van der Waals surface area contributed by atoms with E-state index < -0.39 is 0 Å². The fourth-order valence-electron chi connectivity index (χ4n) is 2.59. The van der Waals surface area contributed by atoms with E-state index in [1.165, 1.54) is 12.1 Å². The summed E-state index contributed by atoms with van der Waals surface area (Å²) < 4.78 is 13.1. The van der Waals surface area contributed by atoms with Gasteiger partial charge < -0.3 is 0 Å². The van der Waals surface area contributed by atoms with Crippen molar-refractivity contribution in [3.8, 4) is 0 Å². The second kappa shape index (κ2) is 4.63. The van der Waals surface area contributed by atoms with Gasteiger partial charge in [-0.05, 0) is 24.3 Å². The van der Waals surface area contributed by atoms with E-state index in [1.807, 2.05) is 42.7 Å². The third-order valence-electron chi connectivity index (χ3n) is 3.59. The zero-order valence-corrected chi connectivity index (χ0v) is 11.1. The fourth-order valence-corrected chi connectivity index (χ4v) is 2.59. The van der Waals surface area contributed by atoms with Crippen LogP contribution in [0.3, 0.4) is 0 Å². The van der Waals surface area contributed by atoms with Crippen molar-refractivity contribution in [2.45, 2.75) is 0 Å². The first-order valence-corrected chi connectivity index (χ1v) is 6.71. The van der Waals surface area contributed by atoms with Crippen molar-refractivity contribution in [2.75, 3.05) is 0 Å². The molecular weight excluding hydrogens is 263 g/mol. The van der Waals surface area contributed by atoms with Crippen LogP contribution in [0.25, 0.3) is 5.70 Å². The molecule has 100 valence electrons. The Labute approximate surface area is 121 Å². The molecule has 2 nitrogen and oxygen atoms in total. The van der Waals surface area contributed by atoms with Crippen molar-refractivity contribution in [3.63, 3.8) is 0 Å². The Kier molecular flexibility index (Phi) is 2.64. The van der Waals surface area contributed by atoms with Crippen LogP contribution in [-0.2, 0) is 0 Å². The average molecular weight is 274 g/mol. The number of benzene rings is 2. The highest BCUT2D eigenvalue weighted by Gasteiger charge is 2.26. The lowest BCUT2D eigenvalue weighted by Gasteiger charge is -2.07. The summed E-state index contributed by atoms with van der Waals surface area (Å²) in [6, 6.07) is 16.4. The highest BCUT2D eigenvalue weighted by Crippen LogP contribution is 2.35. The molecule has 0 aromatic heterocycles. The van der Waals surface area contributed by atoms with Gasteiger partial charge >= 0.3 is 0 Å². The van der Waals surface area contributed by atoms with E-state index in [0.29, 0.717) is 0 Å². The fraction of sp³-hybridized carbons (Fsp3) is 0. The summed E-state index contributed by atoms with van der Waals surface area (Å²) in [5, 5.41) is 0. The largest absolute Gasteiger partial charge is 0.255 e. The second-order valence-electron chi connectivity index (χ2n) is 4.92. The van der Waals surface area contributed by atoms with Gasteiger partial charge in [-0.3, -0.25) is 9.98 Å². The summed E-state index contributed by atoms with van der Waals surface area (Å²) in [6.45, 7) is 0. The standard InChI is InChI=1S/C18H11FN2/c19-15-8-6-13(7-9-15)18-16-14(11-21-18)10-20-17(16)12-4-2-1-3-5-12/h1-11H. The van der Waals surface area contributed by atoms with Crippen LogP contribution in [0.2, 0.25) is 0 Å². The molecule has 2 aromatic carbocycles. The third kappa shape index (κ3) is 1.94. The summed E-state index contributed by atoms with van der Waals surface area (Å²) in [7, 11) is 0. The van der Waals surface area contributed by atoms with Crippen molar-refractivity contribution in [1.82, 2.24) is 0 Å². The zero-order valence-electron chi connectivity index (χ0n) is 11.1. The van der Waals surface area contributed by atoms with E-state index in [9.17, 15) is 4.39 Å². The molecule has 3 heteroatoms. The van der Waals surface area contributed by atoms with Crippen LogP contribution in [0.15, 0.2) is 81.9 Å². The first kappa shape index (κ1) is 12.0. The number of fused-ring (bicyclic) bond motifs is 1. The van der Waals surface area contributed by atoms with Gasteiger partial charge in [0, 0.05) is 34.7 Å². The normalized spacial score (nSPS) is 16.0. The Morgan fingerprint density at radius 2 is 1.57 bits per heavy atom. The van der Waals surface area contributed by atoms with Gasteiger partial charge in [0.15, 0.2) is 0 Å². The first-order chi connectivity index (χ1) is 10.3. The predicted molar refractivity (Wildman–Crippen MR) is 82.9 cm³/mol. The number of nitrogens with zero attached hydrogens (tertiary/aromatic N) is 2. The van der Waals surface area contributed by atoms with Crippen LogP contribution >= 0.6 is 0 Å². The maximum Gasteiger partial charge on any atom is 0.123 e. The Hall–Kier alpha value is -2.81. The summed E-state index contributed by atoms with van der Waals surface area (Å²) >= 11 is 0. The van der Waals surface area contributed by atoms with Crippen LogP contribution in [0, 0.1) is 5.82 Å². The van der Waals surface area contributed by atoms with Gasteiger partial charge in [0.2, 0.25) is 0 Å². The molecule has 0 aliphatic carbocycles. The molecule has 0 atom stereocenters. The molecule has 2 heterocycles. The van der Waals surface area contributed by atoms with Crippen molar-refractivity contribution in [2.24, 2.45) is 9.98 Å². The van der Waals surface area contributed by atoms with Crippen molar-refractivity contribution >= 4 is 17.6 Å². The molecule has 2 aliphatic heterocycles. The molecule has 0 saturated carbocycles. The van der Waals surface area contributed by atoms with Crippen molar-refractivity contribution < 1.29 is 4.39 Å². The highest BCUT2D eigenvalue weighted by atomic mass is 19.1. The first-order valence-electron chi connectivity index (χ1n) is 6.71. The highest BCUT2D eigenvalue weighted by molar-refractivity contribution is 6.27. The number of allylic oxidation sites excluding steroid dienone is 2. The minimum atomic E-state index is -0.245. The van der Waals surface area contributed by atoms with Gasteiger partial charge in [-0.1, -0.05) is 30.3 Å². The lowest BCUT2D eigenvalue weighted by molar-refractivity contribution is 0.627. The minimum Gasteiger partial charge on any atom is -0.255 e. The maximum absolute atomic E-state index is 13.1. The van der Waals surface area contributed by atoms with Gasteiger partial charge in [0.1, 0.15) is 5.82 Å². The molecule has 4 rings (SSSR count). The molecule has 0 saturated heterocycles. The summed E-state index contributed by atoms with van der Waals surface area (Å²) in [4.78, 5) is 8.99. The Balaban J connectivity index is 1.85. The number of hydrogen-bond donors (Lipinski definition) is 0. The van der Waals surface area contributed by atoms with Gasteiger partial charge in [-0.25, -0.2) is 4.39 Å². The minimum absolute atomic E-state index is 0.245. The van der Waals surface area contributed by atoms with Gasteiger partial charge in [0.25, 0.3) is 0 Å². The van der Waals surface area contributed by atoms with Crippen LogP contribution in [0.1, 0.15) is 11.1 Å². The van der Waals surface area contributed by atoms with Crippen LogP contribution < -0.4 is 0 Å². The molecule has 2 aliphatic rings. The van der Waals surface area contributed by atoms with Crippen molar-refractivity contribution in [3.05, 3.63) is 88.9 Å². The molecule has 0 amide bonds. The molecule has 0 N–H and O–H groups in total. The molecule has 0 spiro atoms. The van der Waals surface area contributed by atoms with E-state index in [1.54, 1.807) is 12.1 Å². The topological polar surface area (TPSA) is 24.7 Å². The number of hydrogen-bond acceptors (Lipinski definition) is 2. The summed E-state index contributed by atoms with van der Waals surface area (Å²) in [5.41, 5.74) is 5.75. The SMILES string of the molecule is Fc1ccc(C2=C3C(=CN=C3c3ccccc3)C=N2)cc1. The lowest BCUT2D eigenvalue weighted by atomic mass is 9.96. The zero-order chi connectivity index (χ0) is 14.2. The maximum atomic E-state index is 13.1. The molecule has 21 heavy (non-hydrogen) atoms. The lowest BCUT2D eigenvalue weighted by Crippen LogP contribution is -2.03. The van der Waals surface area contributed by atoms with E-state index in [0.717, 1.165) is 33.7 Å². The average Bonchev–Trinajstić information content (AvgIpc) is 3.11. The van der Waals surface area contributed by atoms with E-state index in [2.05, 4.69) is 9.98 Å². The van der Waals surface area contributed by atoms with Crippen LogP contribution in [-0.4, -0.2) is 11.9 Å². The summed E-state index contributed by atoms with van der Waals surface area (Å²) in [5.74, 6) is -0.245. The molecule has 0 unspecified atom stereocenters. The van der Waals surface area contributed by atoms with E-state index in [-0.39, 0.29) is 5.82 Å². The Bertz CT molecular complexity index is 825. The number of halogens is 1. The van der Waals surface area contributed by atoms with Gasteiger partial charge in [-0.15, -0.1) is 0 Å². The monoisotopic (exact) mass is 274 g/mol. The smallest absolute Gasteiger partial charge is 0.123 e. The molecule has 0 bridgehead atoms. The van der Waals surface area contributed by atoms with Gasteiger partial charge in [-0.2, -0.15) is 0 Å². The predicted octanol–water partition coefficient (Wildman–Crippen LogP) is 4.01. The summed E-state index contributed by atoms with van der Waals surface area (Å²) in [6.07, 6.45) is 3.64. The van der Waals surface area contributed by atoms with Gasteiger partial charge in [0.05, 0.1) is 11.4 Å². The van der Waals surface area contributed by atoms with Crippen LogP contribution in [0.4, 0.5) is 4.39 Å². The Morgan fingerprint density at radius 3 is 2.33 bits per heavy atom. The molecule has 0 fully saturated rings. The molecule has 2 aromatic rings. The number of aliphatic imine (C=N–C) groups is 2. The van der Waals surface area contributed by atoms with E-state index in [4.69, 9.17) is 0 Å². The van der Waals surface area contributed by atoms with E-state index >= 15 is 0 Å². The molecular formula is C18H11FN2. The molecule has 0 radical (unpaired) electrons.